The van der Waals surface area contributed by atoms with Crippen LogP contribution >= 0.6 is 0 Å². The maximum absolute atomic E-state index is 13.4. The molecule has 3 N–H and O–H groups in total. The van der Waals surface area contributed by atoms with E-state index < -0.39 is 0 Å². The first-order chi connectivity index (χ1) is 15.6. The van der Waals surface area contributed by atoms with Gasteiger partial charge in [0.1, 0.15) is 5.82 Å². The number of halogens is 1. The van der Waals surface area contributed by atoms with Crippen LogP contribution in [0.4, 0.5) is 4.39 Å². The van der Waals surface area contributed by atoms with E-state index in [0.717, 1.165) is 94.0 Å². The number of aromatic amines is 1. The highest BCUT2D eigenvalue weighted by Crippen LogP contribution is 2.28. The number of hydrogen-bond acceptors (Lipinski definition) is 3. The zero-order chi connectivity index (χ0) is 22.3. The first-order valence-electron chi connectivity index (χ1n) is 11.9. The van der Waals surface area contributed by atoms with E-state index in [2.05, 4.69) is 27.4 Å². The molecule has 2 fully saturated rings. The quantitative estimate of drug-likeness (QED) is 0.433. The molecule has 2 aliphatic rings. The molecular weight excluding hydrogens is 407 g/mol. The van der Waals surface area contributed by atoms with E-state index >= 15 is 0 Å². The van der Waals surface area contributed by atoms with Gasteiger partial charge < -0.3 is 20.5 Å². The van der Waals surface area contributed by atoms with Crippen LogP contribution in [0.15, 0.2) is 29.4 Å². The standard InChI is InChI=1S/C24H35FN6O/c1-2-26-24(27-9-8-19-17-29-22-16-20(25)6-7-21(19)22)28-10-11-30-12-14-31(15-13-30)23(32)18-4-3-5-18/h6-7,16-18,29H,2-5,8-15H2,1H3,(H2,26,27,28). The van der Waals surface area contributed by atoms with Crippen LogP contribution in [-0.4, -0.2) is 79.0 Å². The monoisotopic (exact) mass is 442 g/mol. The molecule has 8 heteroatoms. The molecule has 0 radical (unpaired) electrons. The van der Waals surface area contributed by atoms with E-state index in [-0.39, 0.29) is 5.82 Å². The molecule has 1 amide bonds. The Morgan fingerprint density at radius 3 is 2.75 bits per heavy atom. The highest BCUT2D eigenvalue weighted by molar-refractivity contribution is 5.83. The Labute approximate surface area is 189 Å². The minimum absolute atomic E-state index is 0.225. The maximum atomic E-state index is 13.4. The predicted molar refractivity (Wildman–Crippen MR) is 126 cm³/mol. The van der Waals surface area contributed by atoms with Crippen molar-refractivity contribution in [2.24, 2.45) is 10.9 Å². The topological polar surface area (TPSA) is 75.8 Å². The summed E-state index contributed by atoms with van der Waals surface area (Å²) < 4.78 is 13.4. The minimum Gasteiger partial charge on any atom is -0.361 e. The van der Waals surface area contributed by atoms with Crippen molar-refractivity contribution in [2.45, 2.75) is 32.6 Å². The normalized spacial score (nSPS) is 18.1. The van der Waals surface area contributed by atoms with Crippen LogP contribution in [0.5, 0.6) is 0 Å². The van der Waals surface area contributed by atoms with Gasteiger partial charge in [-0.2, -0.15) is 0 Å². The lowest BCUT2D eigenvalue weighted by Crippen LogP contribution is -2.51. The molecule has 4 rings (SSSR count). The van der Waals surface area contributed by atoms with E-state index in [9.17, 15) is 9.18 Å². The smallest absolute Gasteiger partial charge is 0.225 e. The van der Waals surface area contributed by atoms with Gasteiger partial charge in [-0.05, 0) is 49.9 Å². The van der Waals surface area contributed by atoms with E-state index in [4.69, 9.17) is 4.99 Å². The van der Waals surface area contributed by atoms with Crippen molar-refractivity contribution in [1.29, 1.82) is 0 Å². The van der Waals surface area contributed by atoms with Crippen LogP contribution in [0.1, 0.15) is 31.7 Å². The summed E-state index contributed by atoms with van der Waals surface area (Å²) in [5, 5.41) is 7.76. The highest BCUT2D eigenvalue weighted by Gasteiger charge is 2.30. The predicted octanol–water partition coefficient (Wildman–Crippen LogP) is 2.35. The van der Waals surface area contributed by atoms with Gasteiger partial charge in [0.05, 0.1) is 6.54 Å². The Morgan fingerprint density at radius 1 is 1.22 bits per heavy atom. The van der Waals surface area contributed by atoms with E-state index in [1.54, 1.807) is 0 Å². The summed E-state index contributed by atoms with van der Waals surface area (Å²) in [6.45, 7) is 8.77. The third-order valence-corrected chi connectivity index (χ3v) is 6.58. The Hall–Kier alpha value is -2.61. The molecule has 1 saturated heterocycles. The molecule has 174 valence electrons. The van der Waals surface area contributed by atoms with Crippen LogP contribution in [-0.2, 0) is 11.2 Å². The van der Waals surface area contributed by atoms with Crippen molar-refractivity contribution in [3.63, 3.8) is 0 Å². The van der Waals surface area contributed by atoms with Gasteiger partial charge in [-0.15, -0.1) is 0 Å². The highest BCUT2D eigenvalue weighted by atomic mass is 19.1. The van der Waals surface area contributed by atoms with Crippen LogP contribution in [0.25, 0.3) is 10.9 Å². The number of amides is 1. The SMILES string of the molecule is CCNC(=NCCN1CCN(C(=O)C2CCC2)CC1)NCCc1c[nH]c2cc(F)ccc12. The first kappa shape index (κ1) is 22.6. The lowest BCUT2D eigenvalue weighted by Gasteiger charge is -2.38. The van der Waals surface area contributed by atoms with E-state index in [1.165, 1.54) is 18.6 Å². The molecule has 1 aliphatic carbocycles. The van der Waals surface area contributed by atoms with Crippen molar-refractivity contribution >= 4 is 22.8 Å². The number of aliphatic imine (C=N–C) groups is 1. The number of fused-ring (bicyclic) bond motifs is 1. The van der Waals surface area contributed by atoms with Gasteiger partial charge in [0.25, 0.3) is 0 Å². The summed E-state index contributed by atoms with van der Waals surface area (Å²) in [5.74, 6) is 1.26. The number of carbonyl (C=O) groups is 1. The fourth-order valence-corrected chi connectivity index (χ4v) is 4.43. The largest absolute Gasteiger partial charge is 0.361 e. The molecule has 1 aliphatic heterocycles. The fourth-order valence-electron chi connectivity index (χ4n) is 4.43. The van der Waals surface area contributed by atoms with Crippen LogP contribution in [0.2, 0.25) is 0 Å². The average molecular weight is 443 g/mol. The van der Waals surface area contributed by atoms with Crippen molar-refractivity contribution in [1.82, 2.24) is 25.4 Å². The second-order valence-electron chi connectivity index (χ2n) is 8.74. The Balaban J connectivity index is 1.19. The third-order valence-electron chi connectivity index (χ3n) is 6.58. The second-order valence-corrected chi connectivity index (χ2v) is 8.74. The van der Waals surface area contributed by atoms with Gasteiger partial charge in [0, 0.05) is 68.8 Å². The molecule has 0 spiro atoms. The molecular formula is C24H35FN6O. The van der Waals surface area contributed by atoms with Crippen molar-refractivity contribution in [2.75, 3.05) is 52.4 Å². The minimum atomic E-state index is -0.225. The number of aromatic nitrogens is 1. The molecule has 2 aromatic rings. The number of carbonyl (C=O) groups excluding carboxylic acids is 1. The lowest BCUT2D eigenvalue weighted by molar-refractivity contribution is -0.139. The summed E-state index contributed by atoms with van der Waals surface area (Å²) in [7, 11) is 0. The number of rotatable bonds is 8. The summed E-state index contributed by atoms with van der Waals surface area (Å²) in [5.41, 5.74) is 1.99. The molecule has 32 heavy (non-hydrogen) atoms. The second kappa shape index (κ2) is 10.8. The van der Waals surface area contributed by atoms with Crippen LogP contribution in [0.3, 0.4) is 0 Å². The van der Waals surface area contributed by atoms with Gasteiger partial charge in [-0.3, -0.25) is 14.7 Å². The number of benzene rings is 1. The van der Waals surface area contributed by atoms with Gasteiger partial charge in [0.15, 0.2) is 5.96 Å². The number of hydrogen-bond donors (Lipinski definition) is 3. The Kier molecular flexibility index (Phi) is 7.63. The first-order valence-corrected chi connectivity index (χ1v) is 11.9. The van der Waals surface area contributed by atoms with Crippen LogP contribution in [0, 0.1) is 11.7 Å². The van der Waals surface area contributed by atoms with E-state index in [1.807, 2.05) is 17.2 Å². The Morgan fingerprint density at radius 2 is 2.03 bits per heavy atom. The molecule has 0 unspecified atom stereocenters. The zero-order valence-electron chi connectivity index (χ0n) is 19.0. The molecule has 2 heterocycles. The number of guanidine groups is 1. The molecule has 7 nitrogen and oxygen atoms in total. The molecule has 0 atom stereocenters. The molecule has 0 bridgehead atoms. The summed E-state index contributed by atoms with van der Waals surface area (Å²) in [4.78, 5) is 24.7. The van der Waals surface area contributed by atoms with Gasteiger partial charge in [-0.25, -0.2) is 4.39 Å². The number of nitrogens with one attached hydrogen (secondary N) is 3. The van der Waals surface area contributed by atoms with Gasteiger partial charge >= 0.3 is 0 Å². The van der Waals surface area contributed by atoms with Gasteiger partial charge in [0.2, 0.25) is 5.91 Å². The fraction of sp³-hybridized carbons (Fsp3) is 0.583. The molecule has 1 aromatic heterocycles. The van der Waals surface area contributed by atoms with Crippen molar-refractivity contribution in [3.05, 3.63) is 35.8 Å². The number of piperazine rings is 1. The molecule has 1 saturated carbocycles. The average Bonchev–Trinajstić information content (AvgIpc) is 3.15. The number of H-pyrrole nitrogens is 1. The maximum Gasteiger partial charge on any atom is 0.225 e. The lowest BCUT2D eigenvalue weighted by atomic mass is 9.84. The van der Waals surface area contributed by atoms with E-state index in [0.29, 0.717) is 11.8 Å². The Bertz CT molecular complexity index is 930. The summed E-state index contributed by atoms with van der Waals surface area (Å²) in [6, 6.07) is 4.86. The zero-order valence-corrected chi connectivity index (χ0v) is 19.0. The summed E-state index contributed by atoms with van der Waals surface area (Å²) in [6.07, 6.45) is 6.14. The number of nitrogens with zero attached hydrogens (tertiary/aromatic N) is 3. The van der Waals surface area contributed by atoms with Crippen molar-refractivity contribution < 1.29 is 9.18 Å². The van der Waals surface area contributed by atoms with Gasteiger partial charge in [-0.1, -0.05) is 6.42 Å². The van der Waals surface area contributed by atoms with Crippen LogP contribution < -0.4 is 10.6 Å². The van der Waals surface area contributed by atoms with Crippen molar-refractivity contribution in [3.8, 4) is 0 Å². The molecule has 1 aromatic carbocycles. The summed E-state index contributed by atoms with van der Waals surface area (Å²) >= 11 is 0. The third kappa shape index (κ3) is 5.59.